The first-order valence-electron chi connectivity index (χ1n) is 5.76. The van der Waals surface area contributed by atoms with Gasteiger partial charge < -0.3 is 5.32 Å². The SMILES string of the molecule is CNC(=O)CSCC1CCC=CCCC1. The normalized spacial score (nSPS) is 21.8. The second kappa shape index (κ2) is 7.80. The van der Waals surface area contributed by atoms with Crippen molar-refractivity contribution in [3.63, 3.8) is 0 Å². The summed E-state index contributed by atoms with van der Waals surface area (Å²) in [6.45, 7) is 0. The van der Waals surface area contributed by atoms with E-state index in [1.165, 1.54) is 32.1 Å². The molecule has 0 bridgehead atoms. The number of carbonyl (C=O) groups excluding carboxylic acids is 1. The lowest BCUT2D eigenvalue weighted by atomic mass is 9.96. The molecule has 3 heteroatoms. The van der Waals surface area contributed by atoms with Crippen molar-refractivity contribution in [2.24, 2.45) is 5.92 Å². The number of nitrogens with one attached hydrogen (secondary N) is 1. The minimum atomic E-state index is 0.144. The minimum Gasteiger partial charge on any atom is -0.358 e. The lowest BCUT2D eigenvalue weighted by molar-refractivity contribution is -0.118. The molecule has 0 radical (unpaired) electrons. The Balaban J connectivity index is 2.13. The van der Waals surface area contributed by atoms with E-state index in [1.807, 2.05) is 0 Å². The predicted octanol–water partition coefficient (Wildman–Crippen LogP) is 2.60. The molecule has 1 amide bonds. The van der Waals surface area contributed by atoms with Crippen LogP contribution in [-0.2, 0) is 4.79 Å². The van der Waals surface area contributed by atoms with Crippen molar-refractivity contribution in [1.82, 2.24) is 5.32 Å². The van der Waals surface area contributed by atoms with Crippen molar-refractivity contribution in [2.45, 2.75) is 32.1 Å². The summed E-state index contributed by atoms with van der Waals surface area (Å²) in [5.74, 6) is 2.71. The zero-order valence-corrected chi connectivity index (χ0v) is 10.3. The van der Waals surface area contributed by atoms with Crippen LogP contribution < -0.4 is 5.32 Å². The first-order chi connectivity index (χ1) is 7.33. The molecule has 1 atom stereocenters. The molecule has 0 aromatic rings. The average Bonchev–Trinajstić information content (AvgIpc) is 2.20. The maximum Gasteiger partial charge on any atom is 0.229 e. The van der Waals surface area contributed by atoms with Gasteiger partial charge in [0.2, 0.25) is 5.91 Å². The fraction of sp³-hybridized carbons (Fsp3) is 0.750. The Labute approximate surface area is 96.9 Å². The van der Waals surface area contributed by atoms with E-state index in [0.717, 1.165) is 11.7 Å². The molecule has 0 spiro atoms. The molecule has 0 aromatic heterocycles. The standard InChI is InChI=1S/C12H21NOS/c1-13-12(14)10-15-9-11-7-5-3-2-4-6-8-11/h2-3,11H,4-10H2,1H3,(H,13,14). The Kier molecular flexibility index (Phi) is 6.57. The smallest absolute Gasteiger partial charge is 0.229 e. The molecule has 1 unspecified atom stereocenters. The Morgan fingerprint density at radius 3 is 3.00 bits per heavy atom. The molecule has 15 heavy (non-hydrogen) atoms. The summed E-state index contributed by atoms with van der Waals surface area (Å²) in [5.41, 5.74) is 0. The molecule has 1 rings (SSSR count). The van der Waals surface area contributed by atoms with Gasteiger partial charge in [0.1, 0.15) is 0 Å². The molecular weight excluding hydrogens is 206 g/mol. The number of hydrogen-bond acceptors (Lipinski definition) is 2. The highest BCUT2D eigenvalue weighted by atomic mass is 32.2. The van der Waals surface area contributed by atoms with Crippen LogP contribution in [-0.4, -0.2) is 24.5 Å². The van der Waals surface area contributed by atoms with Crippen molar-refractivity contribution in [3.05, 3.63) is 12.2 Å². The highest BCUT2D eigenvalue weighted by Gasteiger charge is 2.10. The molecular formula is C12H21NOS. The number of hydrogen-bond donors (Lipinski definition) is 1. The first kappa shape index (κ1) is 12.6. The summed E-state index contributed by atoms with van der Waals surface area (Å²) in [7, 11) is 1.70. The summed E-state index contributed by atoms with van der Waals surface area (Å²) >= 11 is 1.77. The molecule has 1 N–H and O–H groups in total. The fourth-order valence-corrected chi connectivity index (χ4v) is 2.91. The van der Waals surface area contributed by atoms with E-state index in [1.54, 1.807) is 18.8 Å². The van der Waals surface area contributed by atoms with E-state index >= 15 is 0 Å². The van der Waals surface area contributed by atoms with Gasteiger partial charge in [0.15, 0.2) is 0 Å². The van der Waals surface area contributed by atoms with Gasteiger partial charge in [0.05, 0.1) is 5.75 Å². The number of rotatable bonds is 4. The first-order valence-corrected chi connectivity index (χ1v) is 6.91. The fourth-order valence-electron chi connectivity index (χ4n) is 1.79. The van der Waals surface area contributed by atoms with Crippen molar-refractivity contribution < 1.29 is 4.79 Å². The zero-order valence-electron chi connectivity index (χ0n) is 9.50. The Bertz CT molecular complexity index is 216. The van der Waals surface area contributed by atoms with Crippen molar-refractivity contribution >= 4 is 17.7 Å². The summed E-state index contributed by atoms with van der Waals surface area (Å²) in [6.07, 6.45) is 11.0. The summed E-state index contributed by atoms with van der Waals surface area (Å²) in [6, 6.07) is 0. The summed E-state index contributed by atoms with van der Waals surface area (Å²) in [5, 5.41) is 2.65. The summed E-state index contributed by atoms with van der Waals surface area (Å²) < 4.78 is 0. The lowest BCUT2D eigenvalue weighted by Crippen LogP contribution is -2.20. The van der Waals surface area contributed by atoms with Gasteiger partial charge in [0.25, 0.3) is 0 Å². The highest BCUT2D eigenvalue weighted by molar-refractivity contribution is 7.99. The number of amides is 1. The molecule has 0 heterocycles. The predicted molar refractivity (Wildman–Crippen MR) is 67.1 cm³/mol. The average molecular weight is 227 g/mol. The maximum atomic E-state index is 11.0. The van der Waals surface area contributed by atoms with E-state index < -0.39 is 0 Å². The van der Waals surface area contributed by atoms with Crippen LogP contribution in [0.15, 0.2) is 12.2 Å². The second-order valence-corrected chi connectivity index (χ2v) is 5.06. The zero-order chi connectivity index (χ0) is 10.9. The van der Waals surface area contributed by atoms with E-state index in [9.17, 15) is 4.79 Å². The molecule has 0 saturated carbocycles. The number of thioether (sulfide) groups is 1. The molecule has 1 aliphatic carbocycles. The highest BCUT2D eigenvalue weighted by Crippen LogP contribution is 2.22. The Morgan fingerprint density at radius 1 is 1.40 bits per heavy atom. The van der Waals surface area contributed by atoms with Crippen LogP contribution in [0.4, 0.5) is 0 Å². The number of allylic oxidation sites excluding steroid dienone is 2. The second-order valence-electron chi connectivity index (χ2n) is 4.03. The molecule has 86 valence electrons. The van der Waals surface area contributed by atoms with Crippen LogP contribution in [0.1, 0.15) is 32.1 Å². The lowest BCUT2D eigenvalue weighted by Gasteiger charge is -2.16. The van der Waals surface area contributed by atoms with Gasteiger partial charge in [-0.15, -0.1) is 0 Å². The largest absolute Gasteiger partial charge is 0.358 e. The maximum absolute atomic E-state index is 11.0. The Hall–Kier alpha value is -0.440. The number of carbonyl (C=O) groups is 1. The van der Waals surface area contributed by atoms with Gasteiger partial charge >= 0.3 is 0 Å². The molecule has 0 fully saturated rings. The van der Waals surface area contributed by atoms with Gasteiger partial charge in [0, 0.05) is 7.05 Å². The van der Waals surface area contributed by atoms with Gasteiger partial charge in [-0.25, -0.2) is 0 Å². The van der Waals surface area contributed by atoms with Gasteiger partial charge in [-0.05, 0) is 43.8 Å². The molecule has 0 aliphatic heterocycles. The van der Waals surface area contributed by atoms with E-state index in [-0.39, 0.29) is 5.91 Å². The van der Waals surface area contributed by atoms with E-state index in [0.29, 0.717) is 5.75 Å². The van der Waals surface area contributed by atoms with Crippen LogP contribution in [0, 0.1) is 5.92 Å². The third-order valence-electron chi connectivity index (χ3n) is 2.76. The van der Waals surface area contributed by atoms with Crippen LogP contribution in [0.3, 0.4) is 0 Å². The van der Waals surface area contributed by atoms with Crippen LogP contribution >= 0.6 is 11.8 Å². The van der Waals surface area contributed by atoms with Crippen molar-refractivity contribution in [1.29, 1.82) is 0 Å². The monoisotopic (exact) mass is 227 g/mol. The van der Waals surface area contributed by atoms with E-state index in [4.69, 9.17) is 0 Å². The van der Waals surface area contributed by atoms with Gasteiger partial charge in [-0.3, -0.25) is 4.79 Å². The van der Waals surface area contributed by atoms with E-state index in [2.05, 4.69) is 17.5 Å². The molecule has 0 aromatic carbocycles. The van der Waals surface area contributed by atoms with Crippen molar-refractivity contribution in [2.75, 3.05) is 18.6 Å². The third kappa shape index (κ3) is 5.88. The van der Waals surface area contributed by atoms with Gasteiger partial charge in [-0.2, -0.15) is 11.8 Å². The summed E-state index contributed by atoms with van der Waals surface area (Å²) in [4.78, 5) is 11.0. The van der Waals surface area contributed by atoms with Crippen LogP contribution in [0.2, 0.25) is 0 Å². The molecule has 1 aliphatic rings. The van der Waals surface area contributed by atoms with Crippen LogP contribution in [0.5, 0.6) is 0 Å². The molecule has 2 nitrogen and oxygen atoms in total. The topological polar surface area (TPSA) is 29.1 Å². The quantitative estimate of drug-likeness (QED) is 0.748. The minimum absolute atomic E-state index is 0.144. The van der Waals surface area contributed by atoms with Crippen molar-refractivity contribution in [3.8, 4) is 0 Å². The molecule has 0 saturated heterocycles. The Morgan fingerprint density at radius 2 is 2.20 bits per heavy atom. The van der Waals surface area contributed by atoms with Crippen LogP contribution in [0.25, 0.3) is 0 Å². The third-order valence-corrected chi connectivity index (χ3v) is 3.93. The van der Waals surface area contributed by atoms with Gasteiger partial charge in [-0.1, -0.05) is 12.2 Å².